The van der Waals surface area contributed by atoms with E-state index in [9.17, 15) is 21.6 Å². The van der Waals surface area contributed by atoms with Crippen molar-refractivity contribution in [3.63, 3.8) is 0 Å². The molecule has 0 aliphatic carbocycles. The second-order valence-electron chi connectivity index (χ2n) is 3.49. The summed E-state index contributed by atoms with van der Waals surface area (Å²) in [4.78, 5) is -1.12. The molecule has 1 aromatic carbocycles. The van der Waals surface area contributed by atoms with Crippen LogP contribution >= 0.6 is 11.5 Å². The van der Waals surface area contributed by atoms with Crippen molar-refractivity contribution in [2.75, 3.05) is 0 Å². The zero-order valence-electron chi connectivity index (χ0n) is 8.73. The van der Waals surface area contributed by atoms with E-state index in [-0.39, 0.29) is 0 Å². The summed E-state index contributed by atoms with van der Waals surface area (Å²) < 4.78 is 66.8. The predicted molar refractivity (Wildman–Crippen MR) is 59.3 cm³/mol. The van der Waals surface area contributed by atoms with Crippen molar-refractivity contribution < 1.29 is 21.6 Å². The van der Waals surface area contributed by atoms with Crippen molar-refractivity contribution in [3.8, 4) is 0 Å². The lowest BCUT2D eigenvalue weighted by Crippen LogP contribution is -2.10. The van der Waals surface area contributed by atoms with Gasteiger partial charge in [-0.05, 0) is 17.1 Å². The van der Waals surface area contributed by atoms with E-state index in [1.54, 1.807) is 0 Å². The Bertz CT molecular complexity index is 645. The van der Waals surface area contributed by atoms with Crippen LogP contribution in [0.15, 0.2) is 28.6 Å². The molecule has 0 N–H and O–H groups in total. The third-order valence-electron chi connectivity index (χ3n) is 2.11. The Morgan fingerprint density at radius 1 is 1.17 bits per heavy atom. The summed E-state index contributed by atoms with van der Waals surface area (Å²) in [5.74, 6) is -4.62. The summed E-state index contributed by atoms with van der Waals surface area (Å²) in [6.45, 7) is 0. The molecule has 0 spiro atoms. The maximum Gasteiger partial charge on any atom is 0.188 e. The zero-order chi connectivity index (χ0) is 13.3. The second-order valence-corrected chi connectivity index (χ2v) is 6.07. The minimum Gasteiger partial charge on any atom is -0.223 e. The molecule has 2 rings (SSSR count). The number of benzene rings is 1. The molecule has 96 valence electrons. The van der Waals surface area contributed by atoms with Crippen LogP contribution in [0.25, 0.3) is 0 Å². The first-order valence-corrected chi connectivity index (χ1v) is 7.14. The minimum absolute atomic E-state index is 0.322. The van der Waals surface area contributed by atoms with Gasteiger partial charge in [-0.1, -0.05) is 0 Å². The highest BCUT2D eigenvalue weighted by Gasteiger charge is 2.25. The Kier molecular flexibility index (Phi) is 3.40. The molecule has 0 aliphatic heterocycles. The van der Waals surface area contributed by atoms with E-state index in [0.29, 0.717) is 17.7 Å². The summed E-state index contributed by atoms with van der Waals surface area (Å²) in [5.41, 5.74) is 0.322. The van der Waals surface area contributed by atoms with Gasteiger partial charge in [0.05, 0.1) is 5.75 Å². The number of halogens is 3. The van der Waals surface area contributed by atoms with Gasteiger partial charge in [0.15, 0.2) is 9.84 Å². The van der Waals surface area contributed by atoms with E-state index in [1.165, 1.54) is 11.6 Å². The van der Waals surface area contributed by atoms with Gasteiger partial charge in [0.25, 0.3) is 0 Å². The molecule has 0 atom stereocenters. The molecule has 0 amide bonds. The van der Waals surface area contributed by atoms with Crippen molar-refractivity contribution in [1.82, 2.24) is 4.37 Å². The van der Waals surface area contributed by atoms with Crippen LogP contribution in [0.4, 0.5) is 13.2 Å². The summed E-state index contributed by atoms with van der Waals surface area (Å²) in [7, 11) is -4.21. The number of nitrogens with zero attached hydrogens (tertiary/aromatic N) is 1. The first-order chi connectivity index (χ1) is 8.40. The number of aromatic nitrogens is 1. The Hall–Kier alpha value is -1.41. The molecule has 0 saturated carbocycles. The largest absolute Gasteiger partial charge is 0.223 e. The van der Waals surface area contributed by atoms with Gasteiger partial charge < -0.3 is 0 Å². The maximum absolute atomic E-state index is 13.4. The van der Waals surface area contributed by atoms with E-state index in [4.69, 9.17) is 0 Å². The average molecular weight is 293 g/mol. The first-order valence-electron chi connectivity index (χ1n) is 4.66. The Balaban J connectivity index is 2.48. The Labute approximate surface area is 105 Å². The quantitative estimate of drug-likeness (QED) is 0.817. The highest BCUT2D eigenvalue weighted by molar-refractivity contribution is 7.90. The van der Waals surface area contributed by atoms with E-state index in [1.807, 2.05) is 0 Å². The van der Waals surface area contributed by atoms with E-state index >= 15 is 0 Å². The van der Waals surface area contributed by atoms with Crippen molar-refractivity contribution in [3.05, 3.63) is 46.7 Å². The minimum atomic E-state index is -4.21. The van der Waals surface area contributed by atoms with Crippen molar-refractivity contribution in [2.45, 2.75) is 10.6 Å². The summed E-state index contributed by atoms with van der Waals surface area (Å²) in [6, 6.07) is 0.670. The highest BCUT2D eigenvalue weighted by atomic mass is 32.2. The highest BCUT2D eigenvalue weighted by Crippen LogP contribution is 2.24. The monoisotopic (exact) mass is 293 g/mol. The van der Waals surface area contributed by atoms with Crippen LogP contribution in [0.5, 0.6) is 0 Å². The average Bonchev–Trinajstić information content (AvgIpc) is 2.66. The third kappa shape index (κ3) is 2.54. The molecule has 8 heteroatoms. The maximum atomic E-state index is 13.4. The van der Waals surface area contributed by atoms with Gasteiger partial charge in [-0.15, -0.1) is 0 Å². The van der Waals surface area contributed by atoms with Gasteiger partial charge in [-0.3, -0.25) is 0 Å². The van der Waals surface area contributed by atoms with Gasteiger partial charge in [0.2, 0.25) is 0 Å². The zero-order valence-corrected chi connectivity index (χ0v) is 10.4. The molecule has 0 saturated heterocycles. The fraction of sp³-hybridized carbons (Fsp3) is 0.100. The van der Waals surface area contributed by atoms with Crippen LogP contribution in [0.1, 0.15) is 5.56 Å². The molecule has 0 aliphatic rings. The van der Waals surface area contributed by atoms with Crippen LogP contribution in [-0.2, 0) is 15.6 Å². The van der Waals surface area contributed by atoms with Crippen LogP contribution in [0, 0.1) is 17.5 Å². The molecule has 0 fully saturated rings. The number of hydrogen-bond donors (Lipinski definition) is 0. The standard InChI is InChI=1S/C10H6F3NO2S2/c11-7-1-8(12)10(9(13)2-7)18(15,16)5-6-3-14-17-4-6/h1-4H,5H2. The molecular weight excluding hydrogens is 287 g/mol. The molecule has 2 aromatic rings. The molecule has 0 bridgehead atoms. The fourth-order valence-electron chi connectivity index (χ4n) is 1.42. The lowest BCUT2D eigenvalue weighted by Gasteiger charge is -2.06. The smallest absolute Gasteiger partial charge is 0.188 e. The van der Waals surface area contributed by atoms with Gasteiger partial charge in [0.1, 0.15) is 22.3 Å². The van der Waals surface area contributed by atoms with Gasteiger partial charge >= 0.3 is 0 Å². The van der Waals surface area contributed by atoms with Crippen LogP contribution in [0.2, 0.25) is 0 Å². The third-order valence-corrected chi connectivity index (χ3v) is 4.47. The number of sulfone groups is 1. The normalized spacial score (nSPS) is 11.7. The van der Waals surface area contributed by atoms with Crippen molar-refractivity contribution in [2.24, 2.45) is 0 Å². The number of rotatable bonds is 3. The molecular formula is C10H6F3NO2S2. The Morgan fingerprint density at radius 2 is 1.78 bits per heavy atom. The van der Waals surface area contributed by atoms with E-state index < -0.39 is 37.9 Å². The first kappa shape index (κ1) is 13.0. The molecule has 1 aromatic heterocycles. The van der Waals surface area contributed by atoms with E-state index in [2.05, 4.69) is 4.37 Å². The van der Waals surface area contributed by atoms with Gasteiger partial charge in [-0.2, -0.15) is 0 Å². The Morgan fingerprint density at radius 3 is 2.28 bits per heavy atom. The fourth-order valence-corrected chi connectivity index (χ4v) is 3.51. The van der Waals surface area contributed by atoms with E-state index in [0.717, 1.165) is 11.5 Å². The van der Waals surface area contributed by atoms with Crippen LogP contribution in [-0.4, -0.2) is 12.8 Å². The molecule has 0 unspecified atom stereocenters. The van der Waals surface area contributed by atoms with Crippen LogP contribution in [0.3, 0.4) is 0 Å². The topological polar surface area (TPSA) is 47.0 Å². The summed E-state index contributed by atoms with van der Waals surface area (Å²) in [6.07, 6.45) is 1.29. The molecule has 3 nitrogen and oxygen atoms in total. The number of hydrogen-bond acceptors (Lipinski definition) is 4. The molecule has 1 heterocycles. The predicted octanol–water partition coefficient (Wildman–Crippen LogP) is 2.53. The van der Waals surface area contributed by atoms with Gasteiger partial charge in [0, 0.05) is 23.7 Å². The SMILES string of the molecule is O=S(=O)(Cc1cnsc1)c1c(F)cc(F)cc1F. The lowest BCUT2D eigenvalue weighted by molar-refractivity contribution is 0.497. The summed E-state index contributed by atoms with van der Waals surface area (Å²) in [5, 5.41) is 1.46. The molecule has 18 heavy (non-hydrogen) atoms. The second kappa shape index (κ2) is 4.69. The molecule has 0 radical (unpaired) electrons. The van der Waals surface area contributed by atoms with Gasteiger partial charge in [-0.25, -0.2) is 26.0 Å². The van der Waals surface area contributed by atoms with Crippen molar-refractivity contribution >= 4 is 21.4 Å². The van der Waals surface area contributed by atoms with Crippen LogP contribution < -0.4 is 0 Å². The summed E-state index contributed by atoms with van der Waals surface area (Å²) >= 11 is 1.02. The lowest BCUT2D eigenvalue weighted by atomic mass is 10.3. The van der Waals surface area contributed by atoms with Crippen molar-refractivity contribution in [1.29, 1.82) is 0 Å².